The van der Waals surface area contributed by atoms with Crippen LogP contribution in [0.3, 0.4) is 0 Å². The molecule has 1 aliphatic rings. The summed E-state index contributed by atoms with van der Waals surface area (Å²) < 4.78 is 12.7. The van der Waals surface area contributed by atoms with E-state index in [9.17, 15) is 4.39 Å². The number of halogens is 1. The fourth-order valence-corrected chi connectivity index (χ4v) is 1.58. The Morgan fingerprint density at radius 1 is 1.57 bits per heavy atom. The van der Waals surface area contributed by atoms with Crippen LogP contribution in [0.25, 0.3) is 0 Å². The Morgan fingerprint density at radius 2 is 2.36 bits per heavy atom. The van der Waals surface area contributed by atoms with E-state index in [-0.39, 0.29) is 0 Å². The summed E-state index contributed by atoms with van der Waals surface area (Å²) in [7, 11) is 0. The van der Waals surface area contributed by atoms with E-state index >= 15 is 0 Å². The lowest BCUT2D eigenvalue weighted by Gasteiger charge is -2.13. The Morgan fingerprint density at radius 3 is 3.00 bits per heavy atom. The van der Waals surface area contributed by atoms with Crippen LogP contribution in [-0.4, -0.2) is 16.0 Å². The number of anilines is 1. The quantitative estimate of drug-likeness (QED) is 0.748. The Labute approximate surface area is 82.8 Å². The van der Waals surface area contributed by atoms with Crippen molar-refractivity contribution in [1.82, 2.24) is 9.97 Å². The van der Waals surface area contributed by atoms with Gasteiger partial charge in [-0.25, -0.2) is 9.97 Å². The van der Waals surface area contributed by atoms with E-state index in [4.69, 9.17) is 0 Å². The van der Waals surface area contributed by atoms with E-state index in [1.165, 1.54) is 25.2 Å². The van der Waals surface area contributed by atoms with Crippen molar-refractivity contribution in [2.24, 2.45) is 5.92 Å². The lowest BCUT2D eigenvalue weighted by atomic mass is 10.1. The fraction of sp³-hybridized carbons (Fsp3) is 0.600. The molecule has 1 N–H and O–H groups in total. The zero-order chi connectivity index (χ0) is 9.97. The molecule has 14 heavy (non-hydrogen) atoms. The molecular formula is C10H14FN3. The molecule has 0 aliphatic heterocycles. The summed E-state index contributed by atoms with van der Waals surface area (Å²) in [5, 5.41) is 3.16. The van der Waals surface area contributed by atoms with Crippen molar-refractivity contribution in [3.63, 3.8) is 0 Å². The molecule has 1 aromatic rings. The molecule has 0 saturated heterocycles. The Balaban J connectivity index is 1.88. The lowest BCUT2D eigenvalue weighted by molar-refractivity contribution is 0.578. The second kappa shape index (κ2) is 3.90. The van der Waals surface area contributed by atoms with E-state index in [1.807, 2.05) is 0 Å². The van der Waals surface area contributed by atoms with E-state index in [0.29, 0.717) is 11.9 Å². The molecule has 1 aliphatic carbocycles. The first kappa shape index (κ1) is 9.37. The molecule has 1 atom stereocenters. The zero-order valence-corrected chi connectivity index (χ0v) is 8.20. The minimum Gasteiger partial charge on any atom is -0.367 e. The first-order valence-electron chi connectivity index (χ1n) is 4.98. The van der Waals surface area contributed by atoms with Gasteiger partial charge in [-0.15, -0.1) is 0 Å². The third-order valence-corrected chi connectivity index (χ3v) is 2.41. The number of rotatable bonds is 4. The van der Waals surface area contributed by atoms with Crippen molar-refractivity contribution >= 4 is 5.82 Å². The van der Waals surface area contributed by atoms with Crippen molar-refractivity contribution in [3.8, 4) is 0 Å². The number of aromatic nitrogens is 2. The van der Waals surface area contributed by atoms with Gasteiger partial charge in [0.1, 0.15) is 12.1 Å². The van der Waals surface area contributed by atoms with Gasteiger partial charge in [-0.05, 0) is 19.3 Å². The molecule has 0 amide bonds. The molecule has 1 saturated carbocycles. The lowest BCUT2D eigenvalue weighted by Crippen LogP contribution is -2.16. The summed E-state index contributed by atoms with van der Waals surface area (Å²) in [6.45, 7) is 2.10. The minimum absolute atomic E-state index is 0.358. The molecule has 76 valence electrons. The normalized spacial score (nSPS) is 17.9. The smallest absolute Gasteiger partial charge is 0.217 e. The molecule has 1 unspecified atom stereocenters. The van der Waals surface area contributed by atoms with Gasteiger partial charge in [-0.3, -0.25) is 0 Å². The summed E-state index contributed by atoms with van der Waals surface area (Å²) in [5.74, 6) is 0.955. The molecule has 0 aromatic carbocycles. The Hall–Kier alpha value is -1.19. The summed E-state index contributed by atoms with van der Waals surface area (Å²) in [6, 6.07) is 1.68. The molecule has 2 rings (SSSR count). The first-order valence-corrected chi connectivity index (χ1v) is 4.98. The standard InChI is InChI=1S/C10H14FN3/c1-7(4-8-2-3-8)14-10-5-9(11)12-6-13-10/h5-8H,2-4H2,1H3,(H,12,13,14). The molecule has 4 heteroatoms. The summed E-state index contributed by atoms with van der Waals surface area (Å²) >= 11 is 0. The highest BCUT2D eigenvalue weighted by atomic mass is 19.1. The molecule has 0 spiro atoms. The van der Waals surface area contributed by atoms with Crippen molar-refractivity contribution in [2.45, 2.75) is 32.2 Å². The van der Waals surface area contributed by atoms with Gasteiger partial charge in [0, 0.05) is 12.1 Å². The van der Waals surface area contributed by atoms with Gasteiger partial charge in [0.05, 0.1) is 0 Å². The SMILES string of the molecule is CC(CC1CC1)Nc1cc(F)ncn1. The number of nitrogens with zero attached hydrogens (tertiary/aromatic N) is 2. The molecule has 1 aromatic heterocycles. The van der Waals surface area contributed by atoms with Gasteiger partial charge in [-0.2, -0.15) is 4.39 Å². The molecular weight excluding hydrogens is 181 g/mol. The van der Waals surface area contributed by atoms with Gasteiger partial charge in [-0.1, -0.05) is 12.8 Å². The van der Waals surface area contributed by atoms with Crippen molar-refractivity contribution in [3.05, 3.63) is 18.3 Å². The summed E-state index contributed by atoms with van der Waals surface area (Å²) in [6.07, 6.45) is 5.06. The average molecular weight is 195 g/mol. The van der Waals surface area contributed by atoms with Gasteiger partial charge in [0.15, 0.2) is 0 Å². The minimum atomic E-state index is -0.485. The monoisotopic (exact) mass is 195 g/mol. The second-order valence-corrected chi connectivity index (χ2v) is 3.95. The zero-order valence-electron chi connectivity index (χ0n) is 8.20. The van der Waals surface area contributed by atoms with E-state index < -0.39 is 5.95 Å². The van der Waals surface area contributed by atoms with Crippen LogP contribution in [0.2, 0.25) is 0 Å². The number of nitrogens with one attached hydrogen (secondary N) is 1. The van der Waals surface area contributed by atoms with Crippen LogP contribution in [0.4, 0.5) is 10.2 Å². The first-order chi connectivity index (χ1) is 6.74. The van der Waals surface area contributed by atoms with Crippen LogP contribution < -0.4 is 5.32 Å². The molecule has 3 nitrogen and oxygen atoms in total. The van der Waals surface area contributed by atoms with E-state index in [0.717, 1.165) is 12.3 Å². The van der Waals surface area contributed by atoms with Crippen LogP contribution >= 0.6 is 0 Å². The van der Waals surface area contributed by atoms with Crippen molar-refractivity contribution < 1.29 is 4.39 Å². The maximum Gasteiger partial charge on any atom is 0.217 e. The van der Waals surface area contributed by atoms with Gasteiger partial charge in [0.2, 0.25) is 5.95 Å². The highest BCUT2D eigenvalue weighted by Gasteiger charge is 2.23. The van der Waals surface area contributed by atoms with Gasteiger partial charge < -0.3 is 5.32 Å². The maximum atomic E-state index is 12.7. The predicted octanol–water partition coefficient (Wildman–Crippen LogP) is 2.22. The van der Waals surface area contributed by atoms with Crippen LogP contribution in [0, 0.1) is 11.9 Å². The fourth-order valence-electron chi connectivity index (χ4n) is 1.58. The third-order valence-electron chi connectivity index (χ3n) is 2.41. The largest absolute Gasteiger partial charge is 0.367 e. The topological polar surface area (TPSA) is 37.8 Å². The molecule has 0 bridgehead atoms. The number of hydrogen-bond donors (Lipinski definition) is 1. The second-order valence-electron chi connectivity index (χ2n) is 3.95. The van der Waals surface area contributed by atoms with Crippen molar-refractivity contribution in [2.75, 3.05) is 5.32 Å². The molecule has 1 heterocycles. The van der Waals surface area contributed by atoms with Gasteiger partial charge >= 0.3 is 0 Å². The summed E-state index contributed by atoms with van der Waals surface area (Å²) in [4.78, 5) is 7.35. The summed E-state index contributed by atoms with van der Waals surface area (Å²) in [5.41, 5.74) is 0. The van der Waals surface area contributed by atoms with Crippen LogP contribution in [0.15, 0.2) is 12.4 Å². The van der Waals surface area contributed by atoms with Crippen LogP contribution in [0.1, 0.15) is 26.2 Å². The molecule has 1 fully saturated rings. The van der Waals surface area contributed by atoms with E-state index in [2.05, 4.69) is 22.2 Å². The molecule has 0 radical (unpaired) electrons. The van der Waals surface area contributed by atoms with E-state index in [1.54, 1.807) is 0 Å². The maximum absolute atomic E-state index is 12.7. The van der Waals surface area contributed by atoms with Crippen LogP contribution in [0.5, 0.6) is 0 Å². The van der Waals surface area contributed by atoms with Crippen LogP contribution in [-0.2, 0) is 0 Å². The Kier molecular flexibility index (Phi) is 2.61. The third kappa shape index (κ3) is 2.65. The highest BCUT2D eigenvalue weighted by Crippen LogP contribution is 2.33. The van der Waals surface area contributed by atoms with Crippen molar-refractivity contribution in [1.29, 1.82) is 0 Å². The Bertz CT molecular complexity index is 312. The number of hydrogen-bond acceptors (Lipinski definition) is 3. The average Bonchev–Trinajstić information content (AvgIpc) is 2.87. The predicted molar refractivity (Wildman–Crippen MR) is 52.4 cm³/mol. The van der Waals surface area contributed by atoms with Gasteiger partial charge in [0.25, 0.3) is 0 Å². The highest BCUT2D eigenvalue weighted by molar-refractivity contribution is 5.33.